The molecule has 0 saturated heterocycles. The molecule has 89 valence electrons. The van der Waals surface area contributed by atoms with Crippen LogP contribution >= 0.6 is 0 Å². The van der Waals surface area contributed by atoms with Crippen LogP contribution in [0.15, 0.2) is 30.6 Å². The Labute approximate surface area is 102 Å². The van der Waals surface area contributed by atoms with E-state index in [2.05, 4.69) is 5.10 Å². The lowest BCUT2D eigenvalue weighted by molar-refractivity contribution is 0.247. The zero-order valence-electron chi connectivity index (χ0n) is 9.17. The summed E-state index contributed by atoms with van der Waals surface area (Å²) in [5.74, 6) is -0.589. The van der Waals surface area contributed by atoms with Gasteiger partial charge in [-0.15, -0.1) is 0 Å². The fraction of sp³-hybridized carbons (Fsp3) is 0. The van der Waals surface area contributed by atoms with Crippen LogP contribution in [-0.4, -0.2) is 15.8 Å². The Balaban J connectivity index is 2.21. The molecular formula is C12H8FN4O. The number of primary amides is 1. The number of aromatic nitrogens is 2. The number of benzene rings is 1. The molecule has 2 N–H and O–H groups in total. The first-order chi connectivity index (χ1) is 8.60. The first-order valence-electron chi connectivity index (χ1n) is 4.99. The van der Waals surface area contributed by atoms with Gasteiger partial charge in [-0.05, 0) is 23.3 Å². The summed E-state index contributed by atoms with van der Waals surface area (Å²) in [4.78, 5) is 10.8. The van der Waals surface area contributed by atoms with Crippen molar-refractivity contribution in [3.05, 3.63) is 59.5 Å². The minimum Gasteiger partial charge on any atom is -0.350 e. The van der Waals surface area contributed by atoms with E-state index in [9.17, 15) is 9.18 Å². The molecule has 0 bridgehead atoms. The zero-order valence-corrected chi connectivity index (χ0v) is 9.17. The standard InChI is InChI=1S/C12H8FN4O/c13-11-4-8(1-2-10(11)5-14)3-9-6-16-17(7-9)12(15)18/h1-4,6-7H,(H2,15,18). The maximum absolute atomic E-state index is 13.3. The van der Waals surface area contributed by atoms with E-state index < -0.39 is 11.8 Å². The van der Waals surface area contributed by atoms with Crippen molar-refractivity contribution < 1.29 is 9.18 Å². The number of nitriles is 1. The maximum Gasteiger partial charge on any atom is 0.339 e. The normalized spacial score (nSPS) is 10.0. The van der Waals surface area contributed by atoms with Crippen LogP contribution < -0.4 is 5.73 Å². The Kier molecular flexibility index (Phi) is 3.06. The van der Waals surface area contributed by atoms with Crippen LogP contribution in [0, 0.1) is 23.6 Å². The van der Waals surface area contributed by atoms with Crippen LogP contribution in [0.2, 0.25) is 0 Å². The second-order valence-corrected chi connectivity index (χ2v) is 3.55. The number of hydrogen-bond acceptors (Lipinski definition) is 3. The van der Waals surface area contributed by atoms with Gasteiger partial charge in [-0.25, -0.2) is 9.18 Å². The molecule has 2 aromatic rings. The molecule has 0 fully saturated rings. The first kappa shape index (κ1) is 11.8. The molecule has 18 heavy (non-hydrogen) atoms. The summed E-state index contributed by atoms with van der Waals surface area (Å²) in [6.45, 7) is 0. The molecule has 1 radical (unpaired) electrons. The number of nitrogens with zero attached hydrogens (tertiary/aromatic N) is 3. The van der Waals surface area contributed by atoms with Crippen LogP contribution in [-0.2, 0) is 0 Å². The van der Waals surface area contributed by atoms with Crippen molar-refractivity contribution in [2.24, 2.45) is 5.73 Å². The maximum atomic E-state index is 13.3. The van der Waals surface area contributed by atoms with E-state index in [4.69, 9.17) is 11.0 Å². The van der Waals surface area contributed by atoms with Crippen LogP contribution in [0.25, 0.3) is 0 Å². The van der Waals surface area contributed by atoms with Crippen LogP contribution in [0.4, 0.5) is 9.18 Å². The van der Waals surface area contributed by atoms with Crippen molar-refractivity contribution >= 4 is 6.03 Å². The van der Waals surface area contributed by atoms with Crippen molar-refractivity contribution in [2.75, 3.05) is 0 Å². The molecule has 1 aromatic heterocycles. The molecule has 2 rings (SSSR count). The highest BCUT2D eigenvalue weighted by Crippen LogP contribution is 2.15. The topological polar surface area (TPSA) is 84.7 Å². The van der Waals surface area contributed by atoms with Crippen LogP contribution in [0.1, 0.15) is 16.7 Å². The molecule has 0 aliphatic carbocycles. The Morgan fingerprint density at radius 3 is 2.83 bits per heavy atom. The largest absolute Gasteiger partial charge is 0.350 e. The predicted molar refractivity (Wildman–Crippen MR) is 60.8 cm³/mol. The lowest BCUT2D eigenvalue weighted by Gasteiger charge is -1.99. The average molecular weight is 243 g/mol. The molecule has 0 aliphatic rings. The zero-order chi connectivity index (χ0) is 13.1. The minimum atomic E-state index is -0.694. The van der Waals surface area contributed by atoms with Gasteiger partial charge in [0.25, 0.3) is 0 Å². The summed E-state index contributed by atoms with van der Waals surface area (Å²) >= 11 is 0. The number of amides is 1. The molecule has 0 spiro atoms. The molecule has 5 nitrogen and oxygen atoms in total. The summed E-state index contributed by atoms with van der Waals surface area (Å²) < 4.78 is 14.3. The van der Waals surface area contributed by atoms with Crippen molar-refractivity contribution in [2.45, 2.75) is 0 Å². The van der Waals surface area contributed by atoms with E-state index in [1.165, 1.54) is 24.5 Å². The smallest absolute Gasteiger partial charge is 0.339 e. The Morgan fingerprint density at radius 1 is 1.50 bits per heavy atom. The second-order valence-electron chi connectivity index (χ2n) is 3.55. The Bertz CT molecular complexity index is 642. The lowest BCUT2D eigenvalue weighted by Crippen LogP contribution is -2.19. The third kappa shape index (κ3) is 2.35. The van der Waals surface area contributed by atoms with Gasteiger partial charge in [0, 0.05) is 12.6 Å². The van der Waals surface area contributed by atoms with E-state index in [0.717, 1.165) is 4.68 Å². The monoisotopic (exact) mass is 243 g/mol. The summed E-state index contributed by atoms with van der Waals surface area (Å²) in [6, 6.07) is 5.27. The van der Waals surface area contributed by atoms with E-state index in [1.54, 1.807) is 18.6 Å². The Hall–Kier alpha value is -2.68. The van der Waals surface area contributed by atoms with Crippen LogP contribution in [0.5, 0.6) is 0 Å². The van der Waals surface area contributed by atoms with Gasteiger partial charge < -0.3 is 5.73 Å². The number of rotatable bonds is 2. The van der Waals surface area contributed by atoms with Gasteiger partial charge in [-0.1, -0.05) is 6.07 Å². The summed E-state index contributed by atoms with van der Waals surface area (Å²) in [5, 5.41) is 12.3. The fourth-order valence-corrected chi connectivity index (χ4v) is 1.44. The Morgan fingerprint density at radius 2 is 2.28 bits per heavy atom. The van der Waals surface area contributed by atoms with E-state index in [0.29, 0.717) is 11.1 Å². The van der Waals surface area contributed by atoms with E-state index in [1.807, 2.05) is 0 Å². The number of nitrogens with two attached hydrogens (primary N) is 1. The fourth-order valence-electron chi connectivity index (χ4n) is 1.44. The van der Waals surface area contributed by atoms with Gasteiger partial charge in [-0.3, -0.25) is 0 Å². The van der Waals surface area contributed by atoms with Gasteiger partial charge in [0.15, 0.2) is 0 Å². The molecule has 1 aromatic carbocycles. The minimum absolute atomic E-state index is 0.0139. The predicted octanol–water partition coefficient (Wildman–Crippen LogP) is 1.42. The number of carbonyl (C=O) groups excluding carboxylic acids is 1. The summed E-state index contributed by atoms with van der Waals surface area (Å²) in [7, 11) is 0. The highest BCUT2D eigenvalue weighted by atomic mass is 19.1. The summed E-state index contributed by atoms with van der Waals surface area (Å²) in [5.41, 5.74) is 6.19. The number of carbonyl (C=O) groups is 1. The third-order valence-electron chi connectivity index (χ3n) is 2.28. The van der Waals surface area contributed by atoms with E-state index in [-0.39, 0.29) is 5.56 Å². The first-order valence-corrected chi connectivity index (χ1v) is 4.99. The SMILES string of the molecule is N#Cc1ccc([CH]c2cnn(C(N)=O)c2)cc1F. The number of hydrogen-bond donors (Lipinski definition) is 1. The summed E-state index contributed by atoms with van der Waals surface area (Å²) in [6.07, 6.45) is 4.48. The molecule has 0 atom stereocenters. The molecular weight excluding hydrogens is 235 g/mol. The van der Waals surface area contributed by atoms with Gasteiger partial charge in [-0.2, -0.15) is 15.0 Å². The van der Waals surface area contributed by atoms with E-state index >= 15 is 0 Å². The average Bonchev–Trinajstić information content (AvgIpc) is 2.78. The molecule has 0 unspecified atom stereocenters. The second kappa shape index (κ2) is 4.67. The van der Waals surface area contributed by atoms with Crippen molar-refractivity contribution in [3.8, 4) is 6.07 Å². The molecule has 0 saturated carbocycles. The third-order valence-corrected chi connectivity index (χ3v) is 2.28. The van der Waals surface area contributed by atoms with Gasteiger partial charge in [0.1, 0.15) is 11.9 Å². The molecule has 0 aliphatic heterocycles. The highest BCUT2D eigenvalue weighted by Gasteiger charge is 2.06. The van der Waals surface area contributed by atoms with Gasteiger partial charge in [0.05, 0.1) is 11.8 Å². The number of halogens is 1. The van der Waals surface area contributed by atoms with Crippen LogP contribution in [0.3, 0.4) is 0 Å². The highest BCUT2D eigenvalue weighted by molar-refractivity contribution is 5.73. The lowest BCUT2D eigenvalue weighted by atomic mass is 10.1. The van der Waals surface area contributed by atoms with Gasteiger partial charge >= 0.3 is 6.03 Å². The molecule has 1 amide bonds. The van der Waals surface area contributed by atoms with Crippen molar-refractivity contribution in [1.82, 2.24) is 9.78 Å². The van der Waals surface area contributed by atoms with Gasteiger partial charge in [0.2, 0.25) is 0 Å². The van der Waals surface area contributed by atoms with Crippen molar-refractivity contribution in [3.63, 3.8) is 0 Å². The molecule has 1 heterocycles. The quantitative estimate of drug-likeness (QED) is 0.865. The van der Waals surface area contributed by atoms with Crippen molar-refractivity contribution in [1.29, 1.82) is 5.26 Å². The molecule has 6 heteroatoms.